The predicted molar refractivity (Wildman–Crippen MR) is 149 cm³/mol. The molecule has 1 aromatic carbocycles. The fourth-order valence-corrected chi connectivity index (χ4v) is 4.57. The number of aryl methyl sites for hydroxylation is 3. The fraction of sp³-hybridized carbons (Fsp3) is 0.333. The van der Waals surface area contributed by atoms with Gasteiger partial charge in [0.05, 0.1) is 12.8 Å². The molecule has 0 aliphatic heterocycles. The molecule has 3 heterocycles. The number of carbonyl (C=O) groups is 2. The number of esters is 1. The van der Waals surface area contributed by atoms with Crippen molar-refractivity contribution in [2.24, 2.45) is 0 Å². The smallest absolute Gasteiger partial charge is 0.328 e. The van der Waals surface area contributed by atoms with E-state index in [0.29, 0.717) is 11.3 Å². The van der Waals surface area contributed by atoms with Gasteiger partial charge in [-0.05, 0) is 69.5 Å². The molecule has 210 valence electrons. The second kappa shape index (κ2) is 11.8. The van der Waals surface area contributed by atoms with Gasteiger partial charge in [0, 0.05) is 47.5 Å². The summed E-state index contributed by atoms with van der Waals surface area (Å²) in [6.45, 7) is 9.74. The van der Waals surface area contributed by atoms with E-state index in [-0.39, 0.29) is 18.2 Å². The van der Waals surface area contributed by atoms with Crippen molar-refractivity contribution >= 4 is 23.2 Å². The van der Waals surface area contributed by atoms with Gasteiger partial charge in [-0.2, -0.15) is 0 Å². The molecule has 1 amide bonds. The maximum Gasteiger partial charge on any atom is 0.328 e. The molecular formula is C30H33F2N5O3. The largest absolute Gasteiger partial charge is 0.467 e. The van der Waals surface area contributed by atoms with Gasteiger partial charge < -0.3 is 19.8 Å². The van der Waals surface area contributed by atoms with Gasteiger partial charge in [0.2, 0.25) is 0 Å². The van der Waals surface area contributed by atoms with Crippen LogP contribution in [0.25, 0.3) is 16.9 Å². The maximum absolute atomic E-state index is 14.9. The molecule has 2 atom stereocenters. The molecule has 3 aromatic heterocycles. The number of hydrogen-bond acceptors (Lipinski definition) is 6. The Hall–Kier alpha value is -4.34. The van der Waals surface area contributed by atoms with Gasteiger partial charge in [-0.25, -0.2) is 18.6 Å². The Morgan fingerprint density at radius 3 is 2.42 bits per heavy atom. The number of pyridine rings is 2. The summed E-state index contributed by atoms with van der Waals surface area (Å²) in [7, 11) is 1.18. The van der Waals surface area contributed by atoms with Crippen molar-refractivity contribution in [3.05, 3.63) is 82.4 Å². The number of amides is 1. The summed E-state index contributed by atoms with van der Waals surface area (Å²) < 4.78 is 36.4. The average Bonchev–Trinajstić information content (AvgIpc) is 3.40. The molecule has 0 saturated heterocycles. The first-order valence-corrected chi connectivity index (χ1v) is 13.1. The number of benzene rings is 1. The number of fused-ring (bicyclic) bond motifs is 1. The molecule has 0 aliphatic carbocycles. The number of ether oxygens (including phenoxy) is 1. The van der Waals surface area contributed by atoms with Crippen LogP contribution in [0.15, 0.2) is 42.7 Å². The van der Waals surface area contributed by atoms with Crippen molar-refractivity contribution in [1.82, 2.24) is 19.7 Å². The zero-order valence-electron chi connectivity index (χ0n) is 23.4. The summed E-state index contributed by atoms with van der Waals surface area (Å²) >= 11 is 0. The standard InChI is InChI=1S/C30H33F2N5O3/c1-7-18(4)34-20-13-23(31)26(24(32)14-20)29(38)36-25(30(39)40-6)15-21-8-9-22(28-33-10-11-37(21)28)27-17(3)12-16(2)19(5)35-27/h8-14,18,25,34H,7,15H2,1-6H3,(H,36,38)/t18-,25-/m0/s1. The van der Waals surface area contributed by atoms with Crippen molar-refractivity contribution in [1.29, 1.82) is 0 Å². The number of rotatable bonds is 9. The van der Waals surface area contributed by atoms with E-state index in [4.69, 9.17) is 9.72 Å². The molecule has 0 aliphatic rings. The minimum atomic E-state index is -1.22. The second-order valence-electron chi connectivity index (χ2n) is 9.94. The average molecular weight is 550 g/mol. The Morgan fingerprint density at radius 1 is 1.07 bits per heavy atom. The minimum Gasteiger partial charge on any atom is -0.467 e. The highest BCUT2D eigenvalue weighted by atomic mass is 19.1. The van der Waals surface area contributed by atoms with Crippen LogP contribution < -0.4 is 10.6 Å². The number of hydrogen-bond donors (Lipinski definition) is 2. The van der Waals surface area contributed by atoms with E-state index < -0.39 is 35.1 Å². The molecular weight excluding hydrogens is 516 g/mol. The Bertz CT molecular complexity index is 1560. The molecule has 0 unspecified atom stereocenters. The lowest BCUT2D eigenvalue weighted by atomic mass is 10.0. The maximum atomic E-state index is 14.9. The van der Waals surface area contributed by atoms with Crippen molar-refractivity contribution in [2.45, 2.75) is 59.5 Å². The van der Waals surface area contributed by atoms with Crippen molar-refractivity contribution in [2.75, 3.05) is 12.4 Å². The fourth-order valence-electron chi connectivity index (χ4n) is 4.57. The Labute approximate surface area is 231 Å². The molecule has 8 nitrogen and oxygen atoms in total. The normalized spacial score (nSPS) is 12.7. The molecule has 10 heteroatoms. The van der Waals surface area contributed by atoms with Gasteiger partial charge in [-0.3, -0.25) is 9.78 Å². The molecule has 2 N–H and O–H groups in total. The second-order valence-corrected chi connectivity index (χ2v) is 9.94. The molecule has 0 radical (unpaired) electrons. The van der Waals surface area contributed by atoms with Crippen LogP contribution in [0.4, 0.5) is 14.5 Å². The van der Waals surface area contributed by atoms with E-state index in [9.17, 15) is 18.4 Å². The highest BCUT2D eigenvalue weighted by Gasteiger charge is 2.27. The third kappa shape index (κ3) is 5.80. The summed E-state index contributed by atoms with van der Waals surface area (Å²) in [4.78, 5) is 34.9. The number of carbonyl (C=O) groups excluding carboxylic acids is 2. The van der Waals surface area contributed by atoms with Crippen LogP contribution in [0.1, 0.15) is 53.1 Å². The van der Waals surface area contributed by atoms with E-state index in [2.05, 4.69) is 21.7 Å². The molecule has 0 fully saturated rings. The Morgan fingerprint density at radius 2 is 1.77 bits per heavy atom. The number of methoxy groups -OCH3 is 1. The number of nitrogens with one attached hydrogen (secondary N) is 2. The molecule has 0 saturated carbocycles. The van der Waals surface area contributed by atoms with Gasteiger partial charge in [0.25, 0.3) is 5.91 Å². The van der Waals surface area contributed by atoms with Crippen LogP contribution in [0.5, 0.6) is 0 Å². The van der Waals surface area contributed by atoms with Gasteiger partial charge in [-0.15, -0.1) is 0 Å². The highest BCUT2D eigenvalue weighted by molar-refractivity contribution is 5.97. The summed E-state index contributed by atoms with van der Waals surface area (Å²) in [5.74, 6) is -3.89. The molecule has 4 rings (SSSR count). The lowest BCUT2D eigenvalue weighted by molar-refractivity contribution is -0.142. The van der Waals surface area contributed by atoms with E-state index in [1.165, 1.54) is 7.11 Å². The third-order valence-corrected chi connectivity index (χ3v) is 7.04. The van der Waals surface area contributed by atoms with Crippen LogP contribution in [0.3, 0.4) is 0 Å². The topological polar surface area (TPSA) is 97.6 Å². The van der Waals surface area contributed by atoms with Crippen LogP contribution in [-0.2, 0) is 16.0 Å². The first-order valence-electron chi connectivity index (χ1n) is 13.1. The Kier molecular flexibility index (Phi) is 8.46. The molecule has 40 heavy (non-hydrogen) atoms. The number of nitrogens with zero attached hydrogens (tertiary/aromatic N) is 3. The minimum absolute atomic E-state index is 0.0108. The van der Waals surface area contributed by atoms with Crippen LogP contribution >= 0.6 is 0 Å². The van der Waals surface area contributed by atoms with E-state index >= 15 is 0 Å². The zero-order valence-corrected chi connectivity index (χ0v) is 23.4. The van der Waals surface area contributed by atoms with E-state index in [0.717, 1.165) is 46.6 Å². The lowest BCUT2D eigenvalue weighted by Crippen LogP contribution is -2.44. The molecule has 0 bridgehead atoms. The van der Waals surface area contributed by atoms with Gasteiger partial charge in [0.15, 0.2) is 0 Å². The van der Waals surface area contributed by atoms with Crippen molar-refractivity contribution < 1.29 is 23.1 Å². The third-order valence-electron chi connectivity index (χ3n) is 7.04. The van der Waals surface area contributed by atoms with Crippen molar-refractivity contribution in [3.63, 3.8) is 0 Å². The summed E-state index contributed by atoms with van der Waals surface area (Å²) in [6, 6.07) is 6.63. The van der Waals surface area contributed by atoms with Crippen LogP contribution in [-0.4, -0.2) is 45.4 Å². The number of imidazole rings is 1. The zero-order chi connectivity index (χ0) is 29.1. The van der Waals surface area contributed by atoms with Gasteiger partial charge in [-0.1, -0.05) is 13.0 Å². The monoisotopic (exact) mass is 549 g/mol. The van der Waals surface area contributed by atoms with Gasteiger partial charge >= 0.3 is 5.97 Å². The summed E-state index contributed by atoms with van der Waals surface area (Å²) in [6.07, 6.45) is 4.10. The predicted octanol–water partition coefficient (Wildman–Crippen LogP) is 5.32. The number of aromatic nitrogens is 3. The van der Waals surface area contributed by atoms with Gasteiger partial charge in [0.1, 0.15) is 28.9 Å². The summed E-state index contributed by atoms with van der Waals surface area (Å²) in [5, 5.41) is 5.43. The highest BCUT2D eigenvalue weighted by Crippen LogP contribution is 2.28. The summed E-state index contributed by atoms with van der Waals surface area (Å²) in [5.41, 5.74) is 5.29. The molecule has 4 aromatic rings. The quantitative estimate of drug-likeness (QED) is 0.274. The van der Waals surface area contributed by atoms with Crippen LogP contribution in [0.2, 0.25) is 0 Å². The lowest BCUT2D eigenvalue weighted by Gasteiger charge is -2.19. The number of anilines is 1. The molecule has 0 spiro atoms. The first kappa shape index (κ1) is 28.7. The van der Waals surface area contributed by atoms with E-state index in [1.54, 1.807) is 22.9 Å². The van der Waals surface area contributed by atoms with Crippen LogP contribution in [0, 0.1) is 32.4 Å². The van der Waals surface area contributed by atoms with E-state index in [1.807, 2.05) is 40.7 Å². The first-order chi connectivity index (χ1) is 19.0. The number of halogens is 2. The Balaban J connectivity index is 1.64. The van der Waals surface area contributed by atoms with Crippen molar-refractivity contribution in [3.8, 4) is 11.3 Å². The SMILES string of the molecule is CC[C@H](C)Nc1cc(F)c(C(=O)N[C@@H](Cc2ccc(-c3nc(C)c(C)cc3C)c3nccn23)C(=O)OC)c(F)c1.